The normalized spacial score (nSPS) is 11.7. The second-order valence-electron chi connectivity index (χ2n) is 3.46. The maximum Gasteiger partial charge on any atom is 0.234 e. The Morgan fingerprint density at radius 3 is 2.71 bits per heavy atom. The molecule has 0 bridgehead atoms. The third-order valence-electron chi connectivity index (χ3n) is 2.24. The fraction of sp³-hybridized carbons (Fsp3) is 0.273. The van der Waals surface area contributed by atoms with Crippen molar-refractivity contribution in [2.75, 3.05) is 12.4 Å². The van der Waals surface area contributed by atoms with Crippen molar-refractivity contribution in [3.05, 3.63) is 23.2 Å². The largest absolute Gasteiger partial charge is 0.495 e. The standard InChI is InChI=1S/C11H13ClN2O2S/c1-6(10(13)17)11(15)14-7-3-4-9(16-2)8(12)5-7/h3-6H,1-2H3,(H2,13,17)(H,14,15). The zero-order chi connectivity index (χ0) is 13.0. The van der Waals surface area contributed by atoms with E-state index in [4.69, 9.17) is 34.3 Å². The predicted octanol–water partition coefficient (Wildman–Crippen LogP) is 2.21. The molecule has 6 heteroatoms. The van der Waals surface area contributed by atoms with Gasteiger partial charge in [-0.1, -0.05) is 23.8 Å². The molecule has 0 spiro atoms. The molecule has 1 rings (SSSR count). The van der Waals surface area contributed by atoms with Crippen LogP contribution in [-0.4, -0.2) is 18.0 Å². The van der Waals surface area contributed by atoms with Crippen molar-refractivity contribution in [2.45, 2.75) is 6.92 Å². The number of carbonyl (C=O) groups is 1. The van der Waals surface area contributed by atoms with E-state index in [-0.39, 0.29) is 10.9 Å². The van der Waals surface area contributed by atoms with Crippen molar-refractivity contribution in [1.82, 2.24) is 0 Å². The number of rotatable bonds is 4. The van der Waals surface area contributed by atoms with Gasteiger partial charge in [-0.15, -0.1) is 0 Å². The van der Waals surface area contributed by atoms with Gasteiger partial charge in [-0.3, -0.25) is 4.79 Å². The minimum absolute atomic E-state index is 0.155. The molecule has 0 radical (unpaired) electrons. The van der Waals surface area contributed by atoms with Crippen molar-refractivity contribution < 1.29 is 9.53 Å². The summed E-state index contributed by atoms with van der Waals surface area (Å²) in [7, 11) is 1.52. The highest BCUT2D eigenvalue weighted by atomic mass is 35.5. The van der Waals surface area contributed by atoms with Crippen LogP contribution in [0.25, 0.3) is 0 Å². The summed E-state index contributed by atoms with van der Waals surface area (Å²) in [6.07, 6.45) is 0. The van der Waals surface area contributed by atoms with Gasteiger partial charge in [-0.2, -0.15) is 0 Å². The van der Waals surface area contributed by atoms with E-state index in [1.165, 1.54) is 7.11 Å². The molecule has 0 fully saturated rings. The highest BCUT2D eigenvalue weighted by Crippen LogP contribution is 2.27. The Bertz CT molecular complexity index is 451. The van der Waals surface area contributed by atoms with E-state index in [0.717, 1.165) is 0 Å². The topological polar surface area (TPSA) is 64.3 Å². The highest BCUT2D eigenvalue weighted by Gasteiger charge is 2.15. The first-order valence-corrected chi connectivity index (χ1v) is 5.68. The number of hydrogen-bond donors (Lipinski definition) is 2. The molecule has 1 amide bonds. The molecule has 4 nitrogen and oxygen atoms in total. The zero-order valence-electron chi connectivity index (χ0n) is 9.49. The van der Waals surface area contributed by atoms with Gasteiger partial charge < -0.3 is 15.8 Å². The summed E-state index contributed by atoms with van der Waals surface area (Å²) in [5.41, 5.74) is 5.96. The number of anilines is 1. The van der Waals surface area contributed by atoms with Gasteiger partial charge in [-0.25, -0.2) is 0 Å². The van der Waals surface area contributed by atoms with Crippen LogP contribution in [0.1, 0.15) is 6.92 Å². The summed E-state index contributed by atoms with van der Waals surface area (Å²) in [6, 6.07) is 4.96. The SMILES string of the molecule is COc1ccc(NC(=O)C(C)C(N)=S)cc1Cl. The first kappa shape index (κ1) is 13.7. The van der Waals surface area contributed by atoms with Crippen molar-refractivity contribution in [1.29, 1.82) is 0 Å². The molecule has 0 saturated heterocycles. The lowest BCUT2D eigenvalue weighted by Crippen LogP contribution is -2.30. The molecule has 1 atom stereocenters. The van der Waals surface area contributed by atoms with Gasteiger partial charge in [-0.05, 0) is 25.1 Å². The molecule has 0 aliphatic carbocycles. The zero-order valence-corrected chi connectivity index (χ0v) is 11.1. The van der Waals surface area contributed by atoms with Gasteiger partial charge >= 0.3 is 0 Å². The monoisotopic (exact) mass is 272 g/mol. The second kappa shape index (κ2) is 5.84. The number of ether oxygens (including phenoxy) is 1. The number of nitrogens with one attached hydrogen (secondary N) is 1. The second-order valence-corrected chi connectivity index (χ2v) is 4.34. The smallest absolute Gasteiger partial charge is 0.234 e. The van der Waals surface area contributed by atoms with Crippen LogP contribution in [0.5, 0.6) is 5.75 Å². The average Bonchev–Trinajstić information content (AvgIpc) is 2.28. The van der Waals surface area contributed by atoms with Gasteiger partial charge in [0.2, 0.25) is 5.91 Å². The number of nitrogens with two attached hydrogens (primary N) is 1. The van der Waals surface area contributed by atoms with Crippen molar-refractivity contribution in [2.24, 2.45) is 11.7 Å². The molecule has 3 N–H and O–H groups in total. The van der Waals surface area contributed by atoms with Gasteiger partial charge in [0.15, 0.2) is 0 Å². The quantitative estimate of drug-likeness (QED) is 0.825. The van der Waals surface area contributed by atoms with Crippen LogP contribution >= 0.6 is 23.8 Å². The lowest BCUT2D eigenvalue weighted by Gasteiger charge is -2.11. The summed E-state index contributed by atoms with van der Waals surface area (Å²) in [5.74, 6) is -0.239. The summed E-state index contributed by atoms with van der Waals surface area (Å²) >= 11 is 10.7. The van der Waals surface area contributed by atoms with E-state index in [2.05, 4.69) is 5.32 Å². The Labute approximate surface area is 110 Å². The third kappa shape index (κ3) is 3.57. The molecule has 0 aromatic heterocycles. The van der Waals surface area contributed by atoms with E-state index < -0.39 is 5.92 Å². The molecule has 1 unspecified atom stereocenters. The number of hydrogen-bond acceptors (Lipinski definition) is 3. The lowest BCUT2D eigenvalue weighted by atomic mass is 10.1. The fourth-order valence-electron chi connectivity index (χ4n) is 1.12. The maximum atomic E-state index is 11.7. The number of thiocarbonyl (C=S) groups is 1. The van der Waals surface area contributed by atoms with Crippen LogP contribution in [0.15, 0.2) is 18.2 Å². The van der Waals surface area contributed by atoms with Crippen molar-refractivity contribution in [3.8, 4) is 5.75 Å². The average molecular weight is 273 g/mol. The van der Waals surface area contributed by atoms with E-state index in [0.29, 0.717) is 16.5 Å². The summed E-state index contributed by atoms with van der Waals surface area (Å²) < 4.78 is 5.01. The number of amides is 1. The summed E-state index contributed by atoms with van der Waals surface area (Å²) in [4.78, 5) is 11.8. The van der Waals surface area contributed by atoms with Gasteiger partial charge in [0.25, 0.3) is 0 Å². The molecular formula is C11H13ClN2O2S. The Balaban J connectivity index is 2.79. The van der Waals surface area contributed by atoms with Crippen LogP contribution in [-0.2, 0) is 4.79 Å². The fourth-order valence-corrected chi connectivity index (χ4v) is 1.49. The van der Waals surface area contributed by atoms with Crippen LogP contribution < -0.4 is 15.8 Å². The van der Waals surface area contributed by atoms with Crippen molar-refractivity contribution in [3.63, 3.8) is 0 Å². The third-order valence-corrected chi connectivity index (χ3v) is 2.89. The van der Waals surface area contributed by atoms with E-state index in [1.807, 2.05) is 0 Å². The number of carbonyl (C=O) groups excluding carboxylic acids is 1. The Hall–Kier alpha value is -1.33. The number of halogens is 1. The van der Waals surface area contributed by atoms with Gasteiger partial charge in [0, 0.05) is 5.69 Å². The summed E-state index contributed by atoms with van der Waals surface area (Å²) in [6.45, 7) is 1.64. The van der Waals surface area contributed by atoms with Gasteiger partial charge in [0.05, 0.1) is 23.0 Å². The Morgan fingerprint density at radius 1 is 1.59 bits per heavy atom. The minimum Gasteiger partial charge on any atom is -0.495 e. The lowest BCUT2D eigenvalue weighted by molar-refractivity contribution is -0.117. The molecule has 17 heavy (non-hydrogen) atoms. The highest BCUT2D eigenvalue weighted by molar-refractivity contribution is 7.80. The molecule has 0 aliphatic rings. The molecular weight excluding hydrogens is 260 g/mol. The molecule has 0 saturated carbocycles. The Kier molecular flexibility index (Phi) is 4.72. The minimum atomic E-state index is -0.522. The van der Waals surface area contributed by atoms with Crippen molar-refractivity contribution >= 4 is 40.4 Å². The first-order chi connectivity index (χ1) is 7.95. The molecule has 1 aromatic rings. The van der Waals surface area contributed by atoms with Crippen LogP contribution in [0, 0.1) is 5.92 Å². The summed E-state index contributed by atoms with van der Waals surface area (Å²) in [5, 5.41) is 3.09. The van der Waals surface area contributed by atoms with E-state index >= 15 is 0 Å². The van der Waals surface area contributed by atoms with E-state index in [1.54, 1.807) is 25.1 Å². The first-order valence-electron chi connectivity index (χ1n) is 4.89. The van der Waals surface area contributed by atoms with Crippen LogP contribution in [0.4, 0.5) is 5.69 Å². The van der Waals surface area contributed by atoms with E-state index in [9.17, 15) is 4.79 Å². The Morgan fingerprint density at radius 2 is 2.24 bits per heavy atom. The molecule has 92 valence electrons. The molecule has 1 aromatic carbocycles. The maximum absolute atomic E-state index is 11.7. The predicted molar refractivity (Wildman–Crippen MR) is 72.6 cm³/mol. The van der Waals surface area contributed by atoms with Crippen LogP contribution in [0.2, 0.25) is 5.02 Å². The molecule has 0 heterocycles. The number of methoxy groups -OCH3 is 1. The van der Waals surface area contributed by atoms with Gasteiger partial charge in [0.1, 0.15) is 5.75 Å². The number of benzene rings is 1. The molecule has 0 aliphatic heterocycles. The van der Waals surface area contributed by atoms with Crippen LogP contribution in [0.3, 0.4) is 0 Å².